The number of hydrogen-bond acceptors (Lipinski definition) is 5. The van der Waals surface area contributed by atoms with Gasteiger partial charge in [-0.05, 0) is 19.1 Å². The quantitative estimate of drug-likeness (QED) is 0.664. The maximum Gasteiger partial charge on any atom is 0.252 e. The van der Waals surface area contributed by atoms with Crippen LogP contribution in [0.2, 0.25) is 0 Å². The van der Waals surface area contributed by atoms with Gasteiger partial charge < -0.3 is 0 Å². The summed E-state index contributed by atoms with van der Waals surface area (Å²) in [5, 5.41) is 4.39. The Balaban J connectivity index is 1.68. The number of aryl methyl sites for hydroxylation is 1. The van der Waals surface area contributed by atoms with Crippen LogP contribution >= 0.6 is 0 Å². The van der Waals surface area contributed by atoms with Crippen molar-refractivity contribution in [1.82, 2.24) is 14.8 Å². The van der Waals surface area contributed by atoms with E-state index in [4.69, 9.17) is 0 Å². The minimum Gasteiger partial charge on any atom is -0.297 e. The molecule has 0 N–H and O–H groups in total. The minimum absolute atomic E-state index is 0.262. The maximum absolute atomic E-state index is 13.0. The SMILES string of the molecule is CCN(C(=O)CCS(=O)(=O)CC1CC1(F)F)c1cc(-c2cccnc2)nn1C. The lowest BCUT2D eigenvalue weighted by Gasteiger charge is -2.20. The van der Waals surface area contributed by atoms with Crippen LogP contribution in [0.4, 0.5) is 14.6 Å². The van der Waals surface area contributed by atoms with Gasteiger partial charge in [0.1, 0.15) is 5.82 Å². The second kappa shape index (κ2) is 7.57. The normalized spacial score (nSPS) is 18.1. The molecule has 10 heteroatoms. The molecule has 1 aliphatic carbocycles. The topological polar surface area (TPSA) is 85.2 Å². The molecule has 0 aromatic carbocycles. The van der Waals surface area contributed by atoms with Gasteiger partial charge in [0.2, 0.25) is 5.91 Å². The molecule has 0 spiro atoms. The lowest BCUT2D eigenvalue weighted by molar-refractivity contribution is -0.118. The van der Waals surface area contributed by atoms with E-state index in [0.29, 0.717) is 18.1 Å². The van der Waals surface area contributed by atoms with Crippen molar-refractivity contribution in [2.75, 3.05) is 23.0 Å². The largest absolute Gasteiger partial charge is 0.297 e. The highest BCUT2D eigenvalue weighted by molar-refractivity contribution is 7.91. The number of halogens is 2. The number of anilines is 1. The summed E-state index contributed by atoms with van der Waals surface area (Å²) in [7, 11) is -2.02. The zero-order valence-electron chi connectivity index (χ0n) is 15.7. The van der Waals surface area contributed by atoms with Gasteiger partial charge in [0.15, 0.2) is 9.84 Å². The predicted molar refractivity (Wildman–Crippen MR) is 101 cm³/mol. The number of pyridine rings is 1. The van der Waals surface area contributed by atoms with Crippen molar-refractivity contribution in [2.24, 2.45) is 13.0 Å². The van der Waals surface area contributed by atoms with Gasteiger partial charge in [0, 0.05) is 56.4 Å². The molecule has 0 saturated heterocycles. The van der Waals surface area contributed by atoms with Gasteiger partial charge >= 0.3 is 0 Å². The average molecular weight is 412 g/mol. The van der Waals surface area contributed by atoms with Crippen LogP contribution in [0.25, 0.3) is 11.3 Å². The number of hydrogen-bond donors (Lipinski definition) is 0. The van der Waals surface area contributed by atoms with Crippen LogP contribution < -0.4 is 4.90 Å². The number of amides is 1. The number of carbonyl (C=O) groups excluding carboxylic acids is 1. The van der Waals surface area contributed by atoms with E-state index in [1.165, 1.54) is 4.90 Å². The Morgan fingerprint density at radius 1 is 1.43 bits per heavy atom. The van der Waals surface area contributed by atoms with E-state index in [2.05, 4.69) is 10.1 Å². The second-order valence-electron chi connectivity index (χ2n) is 6.92. The van der Waals surface area contributed by atoms with Crippen LogP contribution in [0.15, 0.2) is 30.6 Å². The molecule has 2 heterocycles. The highest BCUT2D eigenvalue weighted by atomic mass is 32.2. The summed E-state index contributed by atoms with van der Waals surface area (Å²) in [6.45, 7) is 2.10. The van der Waals surface area contributed by atoms with Crippen LogP contribution in [0.5, 0.6) is 0 Å². The summed E-state index contributed by atoms with van der Waals surface area (Å²) in [6.07, 6.45) is 2.65. The van der Waals surface area contributed by atoms with Crippen molar-refractivity contribution >= 4 is 21.6 Å². The summed E-state index contributed by atoms with van der Waals surface area (Å²) >= 11 is 0. The number of aromatic nitrogens is 3. The predicted octanol–water partition coefficient (Wildman–Crippen LogP) is 2.30. The summed E-state index contributed by atoms with van der Waals surface area (Å²) in [5.74, 6) is -4.89. The lowest BCUT2D eigenvalue weighted by Crippen LogP contribution is -2.33. The second-order valence-corrected chi connectivity index (χ2v) is 9.15. The third-order valence-electron chi connectivity index (χ3n) is 4.74. The first kappa shape index (κ1) is 20.4. The van der Waals surface area contributed by atoms with E-state index in [9.17, 15) is 22.0 Å². The van der Waals surface area contributed by atoms with Crippen LogP contribution in [-0.2, 0) is 21.7 Å². The number of rotatable bonds is 8. The molecule has 152 valence electrons. The molecular weight excluding hydrogens is 390 g/mol. The fourth-order valence-corrected chi connectivity index (χ4v) is 4.68. The molecule has 1 fully saturated rings. The van der Waals surface area contributed by atoms with E-state index in [-0.39, 0.29) is 6.42 Å². The zero-order chi connectivity index (χ0) is 20.5. The molecule has 1 saturated carbocycles. The van der Waals surface area contributed by atoms with Crippen molar-refractivity contribution in [3.8, 4) is 11.3 Å². The van der Waals surface area contributed by atoms with Crippen LogP contribution in [-0.4, -0.2) is 53.1 Å². The minimum atomic E-state index is -3.71. The first-order valence-electron chi connectivity index (χ1n) is 8.96. The first-order chi connectivity index (χ1) is 13.1. The molecule has 7 nitrogen and oxygen atoms in total. The van der Waals surface area contributed by atoms with Crippen molar-refractivity contribution in [1.29, 1.82) is 0 Å². The Hall–Kier alpha value is -2.36. The van der Waals surface area contributed by atoms with Gasteiger partial charge in [0.05, 0.1) is 17.2 Å². The van der Waals surface area contributed by atoms with E-state index in [0.717, 1.165) is 5.56 Å². The number of nitrogens with zero attached hydrogens (tertiary/aromatic N) is 4. The number of alkyl halides is 2. The molecule has 28 heavy (non-hydrogen) atoms. The Kier molecular flexibility index (Phi) is 5.51. The van der Waals surface area contributed by atoms with E-state index in [1.54, 1.807) is 43.2 Å². The Morgan fingerprint density at radius 2 is 2.14 bits per heavy atom. The smallest absolute Gasteiger partial charge is 0.252 e. The third-order valence-corrected chi connectivity index (χ3v) is 6.48. The zero-order valence-corrected chi connectivity index (χ0v) is 16.5. The van der Waals surface area contributed by atoms with Gasteiger partial charge in [-0.2, -0.15) is 5.10 Å². The Bertz CT molecular complexity index is 960. The van der Waals surface area contributed by atoms with Gasteiger partial charge in [-0.25, -0.2) is 17.2 Å². The molecular formula is C18H22F2N4O3S. The van der Waals surface area contributed by atoms with Gasteiger partial charge in [0.25, 0.3) is 5.92 Å². The fraction of sp³-hybridized carbons (Fsp3) is 0.500. The van der Waals surface area contributed by atoms with Crippen LogP contribution in [0.1, 0.15) is 19.8 Å². The molecule has 1 atom stereocenters. The molecule has 3 rings (SSSR count). The monoisotopic (exact) mass is 412 g/mol. The molecule has 0 aliphatic heterocycles. The number of sulfone groups is 1. The van der Waals surface area contributed by atoms with Crippen molar-refractivity contribution in [2.45, 2.75) is 25.7 Å². The van der Waals surface area contributed by atoms with Crippen LogP contribution in [0.3, 0.4) is 0 Å². The Labute approximate surface area is 162 Å². The number of carbonyl (C=O) groups is 1. The molecule has 1 amide bonds. The highest BCUT2D eigenvalue weighted by Crippen LogP contribution is 2.49. The van der Waals surface area contributed by atoms with Crippen molar-refractivity contribution < 1.29 is 22.0 Å². The molecule has 0 bridgehead atoms. The summed E-state index contributed by atoms with van der Waals surface area (Å²) in [4.78, 5) is 18.1. The molecule has 1 aliphatic rings. The first-order valence-corrected chi connectivity index (χ1v) is 10.8. The summed E-state index contributed by atoms with van der Waals surface area (Å²) in [6, 6.07) is 5.36. The average Bonchev–Trinajstić information content (AvgIpc) is 3.05. The molecule has 1 unspecified atom stereocenters. The fourth-order valence-electron chi connectivity index (χ4n) is 3.05. The molecule has 2 aromatic heterocycles. The maximum atomic E-state index is 13.0. The molecule has 0 radical (unpaired) electrons. The van der Waals surface area contributed by atoms with E-state index in [1.807, 2.05) is 6.07 Å². The van der Waals surface area contributed by atoms with Gasteiger partial charge in [-0.15, -0.1) is 0 Å². The summed E-state index contributed by atoms with van der Waals surface area (Å²) in [5.41, 5.74) is 1.43. The van der Waals surface area contributed by atoms with Gasteiger partial charge in [-0.1, -0.05) is 0 Å². The molecule has 2 aromatic rings. The van der Waals surface area contributed by atoms with E-state index >= 15 is 0 Å². The lowest BCUT2D eigenvalue weighted by atomic mass is 10.2. The van der Waals surface area contributed by atoms with Crippen LogP contribution in [0, 0.1) is 5.92 Å². The van der Waals surface area contributed by atoms with Gasteiger partial charge in [-0.3, -0.25) is 19.4 Å². The summed E-state index contributed by atoms with van der Waals surface area (Å²) < 4.78 is 51.6. The van der Waals surface area contributed by atoms with E-state index < -0.39 is 45.5 Å². The van der Waals surface area contributed by atoms with Crippen molar-refractivity contribution in [3.63, 3.8) is 0 Å². The standard InChI is InChI=1S/C18H22F2N4O3S/c1-3-24(16-9-15(22-23(16)2)13-5-4-7-21-11-13)17(25)6-8-28(26,27)12-14-10-18(14,19)20/h4-5,7,9,11,14H,3,6,8,10,12H2,1-2H3. The third kappa shape index (κ3) is 4.54. The van der Waals surface area contributed by atoms with Crippen molar-refractivity contribution in [3.05, 3.63) is 30.6 Å². The Morgan fingerprint density at radius 3 is 2.71 bits per heavy atom. The highest BCUT2D eigenvalue weighted by Gasteiger charge is 2.58.